The number of para-hydroxylation sites is 1. The molecule has 4 nitrogen and oxygen atoms in total. The largest absolute Gasteiger partial charge is 0.465 e. The molecule has 0 N–H and O–H groups in total. The number of nitrogens with zero attached hydrogens (tertiary/aromatic N) is 2. The van der Waals surface area contributed by atoms with Crippen molar-refractivity contribution in [3.05, 3.63) is 29.8 Å². The fourth-order valence-electron chi connectivity index (χ4n) is 2.17. The van der Waals surface area contributed by atoms with Crippen LogP contribution in [0, 0.1) is 5.82 Å². The van der Waals surface area contributed by atoms with Crippen molar-refractivity contribution < 1.29 is 13.9 Å². The Morgan fingerprint density at radius 3 is 2.84 bits per heavy atom. The van der Waals surface area contributed by atoms with Crippen LogP contribution >= 0.6 is 0 Å². The third-order valence-electron chi connectivity index (χ3n) is 3.10. The molecule has 0 saturated heterocycles. The molecule has 0 spiro atoms. The van der Waals surface area contributed by atoms with Gasteiger partial charge in [-0.05, 0) is 32.9 Å². The van der Waals surface area contributed by atoms with E-state index < -0.39 is 5.92 Å². The Morgan fingerprint density at radius 2 is 2.21 bits per heavy atom. The van der Waals surface area contributed by atoms with Gasteiger partial charge in [0.25, 0.3) is 0 Å². The molecule has 1 aromatic carbocycles. The van der Waals surface area contributed by atoms with E-state index in [2.05, 4.69) is 4.98 Å². The SMILES string of the molecule is CCOC(=O)C(C)c1nc2c(F)cccc2n1CC. The summed E-state index contributed by atoms with van der Waals surface area (Å²) in [7, 11) is 0. The maximum atomic E-state index is 13.7. The minimum atomic E-state index is -0.508. The molecule has 0 amide bonds. The summed E-state index contributed by atoms with van der Waals surface area (Å²) in [5.74, 6) is -0.678. The number of benzene rings is 1. The highest BCUT2D eigenvalue weighted by molar-refractivity contribution is 5.81. The van der Waals surface area contributed by atoms with E-state index in [9.17, 15) is 9.18 Å². The Kier molecular flexibility index (Phi) is 3.83. The van der Waals surface area contributed by atoms with Gasteiger partial charge in [0.2, 0.25) is 0 Å². The van der Waals surface area contributed by atoms with Crippen LogP contribution in [0.15, 0.2) is 18.2 Å². The first-order valence-electron chi connectivity index (χ1n) is 6.41. The number of carbonyl (C=O) groups excluding carboxylic acids is 1. The highest BCUT2D eigenvalue weighted by atomic mass is 19.1. The van der Waals surface area contributed by atoms with Crippen LogP contribution in [0.5, 0.6) is 0 Å². The van der Waals surface area contributed by atoms with Crippen LogP contribution in [0.4, 0.5) is 4.39 Å². The molecule has 0 fully saturated rings. The van der Waals surface area contributed by atoms with Gasteiger partial charge in [-0.1, -0.05) is 6.07 Å². The van der Waals surface area contributed by atoms with Gasteiger partial charge in [0, 0.05) is 6.54 Å². The van der Waals surface area contributed by atoms with Crippen molar-refractivity contribution in [2.45, 2.75) is 33.2 Å². The first-order valence-corrected chi connectivity index (χ1v) is 6.41. The molecule has 1 unspecified atom stereocenters. The van der Waals surface area contributed by atoms with Crippen LogP contribution in [0.25, 0.3) is 11.0 Å². The number of halogens is 1. The molecule has 1 heterocycles. The zero-order valence-corrected chi connectivity index (χ0v) is 11.3. The summed E-state index contributed by atoms with van der Waals surface area (Å²) in [6.07, 6.45) is 0. The Balaban J connectivity index is 2.54. The van der Waals surface area contributed by atoms with Gasteiger partial charge in [-0.3, -0.25) is 4.79 Å². The number of hydrogen-bond donors (Lipinski definition) is 0. The summed E-state index contributed by atoms with van der Waals surface area (Å²) in [6, 6.07) is 4.81. The van der Waals surface area contributed by atoms with Crippen molar-refractivity contribution in [1.82, 2.24) is 9.55 Å². The van der Waals surface area contributed by atoms with Crippen LogP contribution in [-0.2, 0) is 16.1 Å². The van der Waals surface area contributed by atoms with Crippen LogP contribution < -0.4 is 0 Å². The van der Waals surface area contributed by atoms with Crippen molar-refractivity contribution in [3.8, 4) is 0 Å². The second kappa shape index (κ2) is 5.38. The highest BCUT2D eigenvalue weighted by Crippen LogP contribution is 2.24. The number of imidazole rings is 1. The van der Waals surface area contributed by atoms with Gasteiger partial charge in [0.05, 0.1) is 12.1 Å². The molecular formula is C14H17FN2O2. The number of aryl methyl sites for hydroxylation is 1. The van der Waals surface area contributed by atoms with Crippen LogP contribution in [0.1, 0.15) is 32.5 Å². The molecule has 0 bridgehead atoms. The predicted molar refractivity (Wildman–Crippen MR) is 70.4 cm³/mol. The van der Waals surface area contributed by atoms with Crippen LogP contribution in [0.3, 0.4) is 0 Å². The molecule has 0 radical (unpaired) electrons. The molecule has 102 valence electrons. The average Bonchev–Trinajstić information content (AvgIpc) is 2.78. The van der Waals surface area contributed by atoms with E-state index in [4.69, 9.17) is 4.74 Å². The van der Waals surface area contributed by atoms with E-state index in [1.54, 1.807) is 26.0 Å². The normalized spacial score (nSPS) is 12.6. The van der Waals surface area contributed by atoms with Gasteiger partial charge in [-0.15, -0.1) is 0 Å². The minimum absolute atomic E-state index is 0.301. The van der Waals surface area contributed by atoms with Crippen molar-refractivity contribution >= 4 is 17.0 Å². The standard InChI is InChI=1S/C14H17FN2O2/c1-4-17-11-8-6-7-10(15)12(11)16-13(17)9(3)14(18)19-5-2/h6-9H,4-5H2,1-3H3. The van der Waals surface area contributed by atoms with E-state index in [0.717, 1.165) is 0 Å². The number of rotatable bonds is 4. The maximum absolute atomic E-state index is 13.7. The predicted octanol–water partition coefficient (Wildman–Crippen LogP) is 2.86. The number of aromatic nitrogens is 2. The van der Waals surface area contributed by atoms with Gasteiger partial charge < -0.3 is 9.30 Å². The highest BCUT2D eigenvalue weighted by Gasteiger charge is 2.24. The lowest BCUT2D eigenvalue weighted by atomic mass is 10.1. The second-order valence-electron chi connectivity index (χ2n) is 4.30. The van der Waals surface area contributed by atoms with E-state index in [-0.39, 0.29) is 11.8 Å². The van der Waals surface area contributed by atoms with E-state index in [0.29, 0.717) is 30.0 Å². The molecule has 1 aromatic heterocycles. The Bertz CT molecular complexity index is 607. The van der Waals surface area contributed by atoms with Gasteiger partial charge in [-0.2, -0.15) is 0 Å². The molecule has 0 aliphatic heterocycles. The number of fused-ring (bicyclic) bond motifs is 1. The first-order chi connectivity index (χ1) is 9.10. The first kappa shape index (κ1) is 13.5. The van der Waals surface area contributed by atoms with Gasteiger partial charge >= 0.3 is 5.97 Å². The summed E-state index contributed by atoms with van der Waals surface area (Å²) >= 11 is 0. The summed E-state index contributed by atoms with van der Waals surface area (Å²) in [6.45, 7) is 6.37. The van der Waals surface area contributed by atoms with Crippen LogP contribution in [-0.4, -0.2) is 22.1 Å². The topological polar surface area (TPSA) is 44.1 Å². The van der Waals surface area contributed by atoms with E-state index in [1.165, 1.54) is 6.07 Å². The van der Waals surface area contributed by atoms with E-state index >= 15 is 0 Å². The van der Waals surface area contributed by atoms with Crippen LogP contribution in [0.2, 0.25) is 0 Å². The molecule has 0 aliphatic carbocycles. The second-order valence-corrected chi connectivity index (χ2v) is 4.30. The molecule has 19 heavy (non-hydrogen) atoms. The van der Waals surface area contributed by atoms with Gasteiger partial charge in [-0.25, -0.2) is 9.37 Å². The Labute approximate surface area is 111 Å². The Hall–Kier alpha value is -1.91. The van der Waals surface area contributed by atoms with Gasteiger partial charge in [0.15, 0.2) is 5.82 Å². The lowest BCUT2D eigenvalue weighted by Crippen LogP contribution is -2.17. The molecule has 2 rings (SSSR count). The zero-order chi connectivity index (χ0) is 14.0. The summed E-state index contributed by atoms with van der Waals surface area (Å²) in [5, 5.41) is 0. The van der Waals surface area contributed by atoms with Crippen molar-refractivity contribution in [2.24, 2.45) is 0 Å². The third-order valence-corrected chi connectivity index (χ3v) is 3.10. The lowest BCUT2D eigenvalue weighted by molar-refractivity contribution is -0.144. The Morgan fingerprint density at radius 1 is 1.47 bits per heavy atom. The lowest BCUT2D eigenvalue weighted by Gasteiger charge is -2.12. The molecule has 0 aliphatic rings. The number of ether oxygens (including phenoxy) is 1. The summed E-state index contributed by atoms with van der Waals surface area (Å²) in [4.78, 5) is 16.1. The smallest absolute Gasteiger partial charge is 0.316 e. The number of hydrogen-bond acceptors (Lipinski definition) is 3. The fraction of sp³-hybridized carbons (Fsp3) is 0.429. The molecule has 2 aromatic rings. The van der Waals surface area contributed by atoms with Gasteiger partial charge in [0.1, 0.15) is 17.3 Å². The molecule has 5 heteroatoms. The minimum Gasteiger partial charge on any atom is -0.465 e. The van der Waals surface area contributed by atoms with Crippen molar-refractivity contribution in [2.75, 3.05) is 6.61 Å². The quantitative estimate of drug-likeness (QED) is 0.797. The maximum Gasteiger partial charge on any atom is 0.316 e. The number of esters is 1. The van der Waals surface area contributed by atoms with E-state index in [1.807, 2.05) is 11.5 Å². The molecular weight excluding hydrogens is 247 g/mol. The number of carbonyl (C=O) groups is 1. The molecule has 0 saturated carbocycles. The summed E-state index contributed by atoms with van der Waals surface area (Å²) < 4.78 is 20.6. The van der Waals surface area contributed by atoms with Crippen molar-refractivity contribution in [3.63, 3.8) is 0 Å². The zero-order valence-electron chi connectivity index (χ0n) is 11.3. The molecule has 1 atom stereocenters. The monoisotopic (exact) mass is 264 g/mol. The van der Waals surface area contributed by atoms with Crippen molar-refractivity contribution in [1.29, 1.82) is 0 Å². The fourth-order valence-corrected chi connectivity index (χ4v) is 2.17. The average molecular weight is 264 g/mol. The summed E-state index contributed by atoms with van der Waals surface area (Å²) in [5.41, 5.74) is 1.00. The third kappa shape index (κ3) is 2.32.